The number of nitrogens with zero attached hydrogens (tertiary/aromatic N) is 4. The zero-order valence-electron chi connectivity index (χ0n) is 27.8. The molecule has 51 heavy (non-hydrogen) atoms. The summed E-state index contributed by atoms with van der Waals surface area (Å²) in [6, 6.07) is 17.0. The molecule has 0 saturated carbocycles. The van der Waals surface area contributed by atoms with Crippen LogP contribution in [0.2, 0.25) is 0 Å². The second kappa shape index (κ2) is 16.8. The van der Waals surface area contributed by atoms with E-state index in [1.807, 2.05) is 30.3 Å². The van der Waals surface area contributed by atoms with Crippen molar-refractivity contribution in [3.05, 3.63) is 102 Å². The van der Waals surface area contributed by atoms with Gasteiger partial charge in [-0.3, -0.25) is 9.59 Å². The van der Waals surface area contributed by atoms with E-state index in [1.165, 1.54) is 68.4 Å². The van der Waals surface area contributed by atoms with Crippen molar-refractivity contribution in [2.75, 3.05) is 19.6 Å². The molecule has 0 unspecified atom stereocenters. The number of para-hydroxylation sites is 1. The normalized spacial score (nSPS) is 19.4. The Balaban J connectivity index is 0.00000292. The molecule has 1 N–H and O–H groups in total. The molecule has 2 fully saturated rings. The van der Waals surface area contributed by atoms with Gasteiger partial charge in [0.15, 0.2) is 11.5 Å². The summed E-state index contributed by atoms with van der Waals surface area (Å²) >= 11 is 0. The van der Waals surface area contributed by atoms with Gasteiger partial charge in [0.2, 0.25) is 11.8 Å². The molecule has 14 nitrogen and oxygen atoms in total. The van der Waals surface area contributed by atoms with Gasteiger partial charge in [0.05, 0.1) is 13.1 Å². The van der Waals surface area contributed by atoms with Crippen molar-refractivity contribution in [2.24, 2.45) is 0 Å². The Hall–Kier alpha value is -3.02. The van der Waals surface area contributed by atoms with Gasteiger partial charge in [-0.2, -0.15) is 0 Å². The van der Waals surface area contributed by atoms with Crippen molar-refractivity contribution in [2.45, 2.75) is 38.0 Å². The number of hydrogen-bond acceptors (Lipinski definition) is 10. The van der Waals surface area contributed by atoms with Crippen molar-refractivity contribution < 1.29 is 111 Å². The number of hydrazine groups is 1. The van der Waals surface area contributed by atoms with E-state index < -0.39 is 44.2 Å². The molecule has 6 rings (SSSR count). The number of fused-ring (bicyclic) bond motifs is 2. The van der Waals surface area contributed by atoms with E-state index in [0.717, 1.165) is 5.56 Å². The summed E-state index contributed by atoms with van der Waals surface area (Å²) in [7, 11) is -5.32. The van der Waals surface area contributed by atoms with Crippen LogP contribution in [0.25, 0.3) is 0 Å². The number of carbonyl (C=O) groups excluding carboxylic acids is 3. The van der Waals surface area contributed by atoms with E-state index in [2.05, 4.69) is 21.2 Å². The molecule has 3 aromatic rings. The summed E-state index contributed by atoms with van der Waals surface area (Å²) in [5, 5.41) is 5.74. The van der Waals surface area contributed by atoms with Gasteiger partial charge in [0.25, 0.3) is 0 Å². The molecule has 258 valence electrons. The van der Waals surface area contributed by atoms with Crippen LogP contribution in [0.4, 0.5) is 13.6 Å². The van der Waals surface area contributed by atoms with Gasteiger partial charge in [-0.15, -0.1) is 15.4 Å². The Kier molecular flexibility index (Phi) is 13.4. The maximum Gasteiger partial charge on any atom is 1.00 e. The van der Waals surface area contributed by atoms with E-state index in [-0.39, 0.29) is 121 Å². The largest absolute Gasteiger partial charge is 1.00 e. The molecule has 3 heterocycles. The van der Waals surface area contributed by atoms with Crippen LogP contribution < -0.4 is 88.2 Å². The summed E-state index contributed by atoms with van der Waals surface area (Å²) in [4.78, 5) is 66.7. The zero-order chi connectivity index (χ0) is 34.9. The van der Waals surface area contributed by atoms with E-state index >= 15 is 0 Å². The number of nitrogens with one attached hydrogen (secondary N) is 1. The van der Waals surface area contributed by atoms with Crippen LogP contribution in [0, 0.1) is 0 Å². The van der Waals surface area contributed by atoms with Crippen LogP contribution in [0.5, 0.6) is 17.2 Å². The fourth-order valence-electron chi connectivity index (χ4n) is 6.09. The maximum absolute atomic E-state index is 14.2. The van der Waals surface area contributed by atoms with Crippen LogP contribution in [-0.4, -0.2) is 75.8 Å². The molecule has 19 heteroatoms. The number of alkyl halides is 2. The first-order valence-electron chi connectivity index (χ1n) is 15.1. The third kappa shape index (κ3) is 9.51. The number of phosphoric acid groups is 1. The second-order valence-electron chi connectivity index (χ2n) is 11.4. The molecule has 3 aromatic carbocycles. The monoisotopic (exact) mass is 743 g/mol. The average Bonchev–Trinajstić information content (AvgIpc) is 3.37. The Labute approximate surface area is 336 Å². The molecule has 0 radical (unpaired) electrons. The summed E-state index contributed by atoms with van der Waals surface area (Å²) in [6.45, 7) is 3.36. The van der Waals surface area contributed by atoms with E-state index in [1.54, 1.807) is 0 Å². The first-order valence-corrected chi connectivity index (χ1v) is 16.5. The fraction of sp³-hybridized carbons (Fsp3) is 0.281. The number of ether oxygens (including phenoxy) is 2. The minimum atomic E-state index is -5.32. The van der Waals surface area contributed by atoms with Gasteiger partial charge < -0.3 is 43.5 Å². The standard InChI is InChI=1S/C32H32F2N5O9P.2Na/c1-2-15-37-20-28(40)38-25(16-21-11-13-24(14-12-21)48-49(43,44)45)30(41)36(18-23-9-6-10-26-29(23)47-32(33,34)46-26)19-27(38)39(37)31(42)35-17-22-7-4-3-5-8-22;;/h2-14,25,27H,1,15-20H2,(H,35,42)(H2,43,44,45);;/q;2*+1/p-2/t25-,27-;;/m0../s1. The number of hydrogen-bond donors (Lipinski definition) is 1. The molecule has 3 aliphatic heterocycles. The Morgan fingerprint density at radius 1 is 1.02 bits per heavy atom. The van der Waals surface area contributed by atoms with Gasteiger partial charge in [-0.25, -0.2) is 14.8 Å². The number of phosphoric ester groups is 1. The number of rotatable bonds is 10. The third-order valence-electron chi connectivity index (χ3n) is 8.11. The number of benzene rings is 3. The quantitative estimate of drug-likeness (QED) is 0.123. The van der Waals surface area contributed by atoms with Crippen LogP contribution in [0.1, 0.15) is 16.7 Å². The van der Waals surface area contributed by atoms with E-state index in [4.69, 9.17) is 4.74 Å². The van der Waals surface area contributed by atoms with Crippen LogP contribution in [0.3, 0.4) is 0 Å². The Morgan fingerprint density at radius 2 is 1.73 bits per heavy atom. The Bertz CT molecular complexity index is 1810. The van der Waals surface area contributed by atoms with Crippen LogP contribution >= 0.6 is 7.82 Å². The molecule has 0 bridgehead atoms. The number of urea groups is 1. The summed E-state index contributed by atoms with van der Waals surface area (Å²) in [6.07, 6.45) is -3.50. The van der Waals surface area contributed by atoms with Crippen molar-refractivity contribution in [3.8, 4) is 17.2 Å². The zero-order valence-corrected chi connectivity index (χ0v) is 32.7. The predicted molar refractivity (Wildman–Crippen MR) is 163 cm³/mol. The molecular formula is C32H30F2N5Na2O9P. The molecule has 2 atom stereocenters. The van der Waals surface area contributed by atoms with Crippen LogP contribution in [-0.2, 0) is 33.7 Å². The average molecular weight is 744 g/mol. The Morgan fingerprint density at radius 3 is 2.39 bits per heavy atom. The first kappa shape index (κ1) is 40.7. The minimum Gasteiger partial charge on any atom is -0.780 e. The third-order valence-corrected chi connectivity index (χ3v) is 8.54. The van der Waals surface area contributed by atoms with Gasteiger partial charge in [0, 0.05) is 31.6 Å². The smallest absolute Gasteiger partial charge is 0.780 e. The number of halogens is 2. The van der Waals surface area contributed by atoms with Crippen molar-refractivity contribution >= 4 is 25.7 Å². The van der Waals surface area contributed by atoms with Gasteiger partial charge >= 0.3 is 71.4 Å². The fourth-order valence-corrected chi connectivity index (χ4v) is 6.47. The van der Waals surface area contributed by atoms with E-state index in [0.29, 0.717) is 5.56 Å². The van der Waals surface area contributed by atoms with Crippen molar-refractivity contribution in [1.29, 1.82) is 0 Å². The first-order chi connectivity index (χ1) is 23.3. The van der Waals surface area contributed by atoms with E-state index in [9.17, 15) is 37.5 Å². The topological polar surface area (TPSA) is 167 Å². The van der Waals surface area contributed by atoms with Crippen molar-refractivity contribution in [1.82, 2.24) is 25.1 Å². The number of amides is 4. The molecule has 2 saturated heterocycles. The summed E-state index contributed by atoms with van der Waals surface area (Å²) in [5.41, 5.74) is 1.50. The minimum absolute atomic E-state index is 0. The van der Waals surface area contributed by atoms with Crippen molar-refractivity contribution in [3.63, 3.8) is 0 Å². The molecule has 0 aromatic heterocycles. The maximum atomic E-state index is 14.2. The molecule has 4 amide bonds. The summed E-state index contributed by atoms with van der Waals surface area (Å²) in [5.74, 6) is -1.68. The predicted octanol–water partition coefficient (Wildman–Crippen LogP) is -4.04. The second-order valence-corrected chi connectivity index (χ2v) is 12.5. The van der Waals surface area contributed by atoms with Crippen LogP contribution in [0.15, 0.2) is 85.5 Å². The molecule has 0 spiro atoms. The number of piperazine rings is 1. The molecule has 0 aliphatic carbocycles. The van der Waals surface area contributed by atoms with Gasteiger partial charge in [-0.05, 0) is 29.3 Å². The number of carbonyl (C=O) groups is 3. The van der Waals surface area contributed by atoms with Gasteiger partial charge in [-0.1, -0.05) is 60.7 Å². The molecular weight excluding hydrogens is 713 g/mol. The van der Waals surface area contributed by atoms with Gasteiger partial charge in [0.1, 0.15) is 25.8 Å². The SMILES string of the molecule is C=CCN1CC(=O)N2[C@@H](Cc3ccc(OP(=O)([O-])[O-])cc3)C(=O)N(Cc3cccc4c3OC(F)(F)O4)C[C@@H]2N1C(=O)NCc1ccccc1.[Na+].[Na+]. The summed E-state index contributed by atoms with van der Waals surface area (Å²) < 4.78 is 52.8. The molecule has 3 aliphatic rings.